The summed E-state index contributed by atoms with van der Waals surface area (Å²) in [4.78, 5) is 24.4. The lowest BCUT2D eigenvalue weighted by Crippen LogP contribution is -2.38. The molecule has 1 aromatic carbocycles. The van der Waals surface area contributed by atoms with Crippen LogP contribution in [0.1, 0.15) is 42.6 Å². The molecule has 0 bridgehead atoms. The van der Waals surface area contributed by atoms with Gasteiger partial charge in [0.25, 0.3) is 5.91 Å². The summed E-state index contributed by atoms with van der Waals surface area (Å²) in [5, 5.41) is 13.5. The highest BCUT2D eigenvalue weighted by Gasteiger charge is 2.21. The molecule has 0 spiro atoms. The monoisotopic (exact) mass is 317 g/mol. The maximum absolute atomic E-state index is 12.4. The van der Waals surface area contributed by atoms with E-state index in [2.05, 4.69) is 5.32 Å². The first-order valence-electron chi connectivity index (χ1n) is 7.98. The van der Waals surface area contributed by atoms with Gasteiger partial charge < -0.3 is 14.8 Å². The van der Waals surface area contributed by atoms with E-state index in [1.54, 1.807) is 19.1 Å². The Morgan fingerprint density at radius 3 is 2.57 bits per heavy atom. The van der Waals surface area contributed by atoms with Crippen LogP contribution >= 0.6 is 0 Å². The molecule has 2 rings (SSSR count). The van der Waals surface area contributed by atoms with Gasteiger partial charge in [0.1, 0.15) is 11.1 Å². The Morgan fingerprint density at radius 1 is 1.26 bits per heavy atom. The minimum atomic E-state index is -0.657. The van der Waals surface area contributed by atoms with Crippen molar-refractivity contribution in [2.75, 3.05) is 6.54 Å². The molecule has 0 saturated carbocycles. The molecule has 0 aliphatic rings. The molecule has 2 aromatic rings. The Labute approximate surface area is 135 Å². The second kappa shape index (κ2) is 7.42. The normalized spacial score (nSPS) is 12.6. The zero-order valence-corrected chi connectivity index (χ0v) is 13.8. The highest BCUT2D eigenvalue weighted by molar-refractivity contribution is 5.99. The second-order valence-electron chi connectivity index (χ2n) is 5.74. The summed E-state index contributed by atoms with van der Waals surface area (Å²) in [6.07, 6.45) is 1.05. The molecule has 0 fully saturated rings. The molecular formula is C18H23NO4. The van der Waals surface area contributed by atoms with Crippen molar-refractivity contribution in [3.05, 3.63) is 45.8 Å². The van der Waals surface area contributed by atoms with Gasteiger partial charge in [0.2, 0.25) is 0 Å². The van der Waals surface area contributed by atoms with E-state index in [1.807, 2.05) is 26.0 Å². The van der Waals surface area contributed by atoms with Crippen molar-refractivity contribution in [3.8, 4) is 0 Å². The topological polar surface area (TPSA) is 79.5 Å². The summed E-state index contributed by atoms with van der Waals surface area (Å²) in [5.74, 6) is -0.378. The quantitative estimate of drug-likeness (QED) is 0.803. The van der Waals surface area contributed by atoms with Gasteiger partial charge in [-0.2, -0.15) is 0 Å². The predicted molar refractivity (Wildman–Crippen MR) is 89.6 cm³/mol. The van der Waals surface area contributed by atoms with Gasteiger partial charge in [-0.15, -0.1) is 0 Å². The van der Waals surface area contributed by atoms with E-state index in [0.717, 1.165) is 18.2 Å². The smallest absolute Gasteiger partial charge is 0.349 e. The van der Waals surface area contributed by atoms with E-state index < -0.39 is 17.6 Å². The Morgan fingerprint density at radius 2 is 1.91 bits per heavy atom. The maximum Gasteiger partial charge on any atom is 0.349 e. The largest absolute Gasteiger partial charge is 0.422 e. The van der Waals surface area contributed by atoms with E-state index in [9.17, 15) is 14.7 Å². The standard InChI is InChI=1S/C18H23NO4/c1-4-12(5-2)14(20)10-19-17(21)16-11(3)13-8-6-7-9-15(13)23-18(16)22/h6-9,12,14,20H,4-5,10H2,1-3H3,(H,19,21). The average molecular weight is 317 g/mol. The summed E-state index contributed by atoms with van der Waals surface area (Å²) in [6, 6.07) is 7.11. The minimum absolute atomic E-state index is 0.000414. The van der Waals surface area contributed by atoms with Gasteiger partial charge in [-0.05, 0) is 24.5 Å². The van der Waals surface area contributed by atoms with Crippen molar-refractivity contribution < 1.29 is 14.3 Å². The van der Waals surface area contributed by atoms with Crippen LogP contribution in [-0.4, -0.2) is 23.7 Å². The van der Waals surface area contributed by atoms with Crippen molar-refractivity contribution in [1.82, 2.24) is 5.32 Å². The van der Waals surface area contributed by atoms with E-state index in [-0.39, 0.29) is 18.0 Å². The number of fused-ring (bicyclic) bond motifs is 1. The van der Waals surface area contributed by atoms with Crippen LogP contribution in [-0.2, 0) is 0 Å². The third kappa shape index (κ3) is 3.62. The first kappa shape index (κ1) is 17.2. The van der Waals surface area contributed by atoms with Crippen LogP contribution in [0, 0.1) is 12.8 Å². The van der Waals surface area contributed by atoms with E-state index in [4.69, 9.17) is 4.42 Å². The zero-order valence-electron chi connectivity index (χ0n) is 13.8. The molecule has 1 atom stereocenters. The number of rotatable bonds is 6. The SMILES string of the molecule is CCC(CC)C(O)CNC(=O)c1c(C)c2ccccc2oc1=O. The highest BCUT2D eigenvalue weighted by Crippen LogP contribution is 2.19. The van der Waals surface area contributed by atoms with Crippen molar-refractivity contribution in [2.45, 2.75) is 39.7 Å². The summed E-state index contributed by atoms with van der Waals surface area (Å²) >= 11 is 0. The van der Waals surface area contributed by atoms with Crippen LogP contribution in [0.2, 0.25) is 0 Å². The van der Waals surface area contributed by atoms with Gasteiger partial charge in [0.05, 0.1) is 6.10 Å². The first-order valence-corrected chi connectivity index (χ1v) is 7.98. The van der Waals surface area contributed by atoms with Gasteiger partial charge in [-0.25, -0.2) is 4.79 Å². The number of amides is 1. The van der Waals surface area contributed by atoms with E-state index in [0.29, 0.717) is 11.1 Å². The lowest BCUT2D eigenvalue weighted by molar-refractivity contribution is 0.0813. The second-order valence-corrected chi connectivity index (χ2v) is 5.74. The average Bonchev–Trinajstić information content (AvgIpc) is 2.54. The van der Waals surface area contributed by atoms with Crippen LogP contribution in [0.5, 0.6) is 0 Å². The van der Waals surface area contributed by atoms with Crippen LogP contribution in [0.3, 0.4) is 0 Å². The predicted octanol–water partition coefficient (Wildman–Crippen LogP) is 2.63. The van der Waals surface area contributed by atoms with Crippen LogP contribution in [0.25, 0.3) is 11.0 Å². The Kier molecular flexibility index (Phi) is 5.55. The molecule has 1 heterocycles. The van der Waals surface area contributed by atoms with E-state index >= 15 is 0 Å². The van der Waals surface area contributed by atoms with Crippen LogP contribution < -0.4 is 10.9 Å². The number of hydrogen-bond donors (Lipinski definition) is 2. The lowest BCUT2D eigenvalue weighted by atomic mass is 9.96. The zero-order chi connectivity index (χ0) is 17.0. The molecule has 5 nitrogen and oxygen atoms in total. The molecule has 124 valence electrons. The van der Waals surface area contributed by atoms with Crippen molar-refractivity contribution >= 4 is 16.9 Å². The lowest BCUT2D eigenvalue weighted by Gasteiger charge is -2.20. The fourth-order valence-corrected chi connectivity index (χ4v) is 2.85. The Balaban J connectivity index is 2.23. The molecule has 2 N–H and O–H groups in total. The van der Waals surface area contributed by atoms with Gasteiger partial charge in [-0.3, -0.25) is 4.79 Å². The Bertz CT molecular complexity index is 746. The summed E-state index contributed by atoms with van der Waals surface area (Å²) in [6.45, 7) is 5.85. The van der Waals surface area contributed by atoms with Gasteiger partial charge in [-0.1, -0.05) is 44.9 Å². The number of aliphatic hydroxyl groups is 1. The molecule has 0 saturated heterocycles. The van der Waals surface area contributed by atoms with Crippen molar-refractivity contribution in [2.24, 2.45) is 5.92 Å². The number of carbonyl (C=O) groups excluding carboxylic acids is 1. The number of carbonyl (C=O) groups is 1. The van der Waals surface area contributed by atoms with Gasteiger partial charge >= 0.3 is 5.63 Å². The molecule has 1 unspecified atom stereocenters. The summed E-state index contributed by atoms with van der Waals surface area (Å²) in [7, 11) is 0. The van der Waals surface area contributed by atoms with Crippen LogP contribution in [0.4, 0.5) is 0 Å². The molecule has 23 heavy (non-hydrogen) atoms. The van der Waals surface area contributed by atoms with E-state index in [1.165, 1.54) is 0 Å². The fraction of sp³-hybridized carbons (Fsp3) is 0.444. The minimum Gasteiger partial charge on any atom is -0.422 e. The van der Waals surface area contributed by atoms with Gasteiger partial charge in [0, 0.05) is 11.9 Å². The number of aryl methyl sites for hydroxylation is 1. The molecule has 1 amide bonds. The third-order valence-corrected chi connectivity index (χ3v) is 4.36. The first-order chi connectivity index (χ1) is 11.0. The highest BCUT2D eigenvalue weighted by atomic mass is 16.4. The number of benzene rings is 1. The molecule has 0 radical (unpaired) electrons. The maximum atomic E-state index is 12.4. The molecule has 0 aliphatic heterocycles. The number of para-hydroxylation sites is 1. The summed E-state index contributed by atoms with van der Waals surface area (Å²) < 4.78 is 5.21. The number of aliphatic hydroxyl groups excluding tert-OH is 1. The molecule has 1 aromatic heterocycles. The molecule has 0 aliphatic carbocycles. The summed E-state index contributed by atoms with van der Waals surface area (Å²) in [5.41, 5.74) is 0.395. The number of nitrogens with one attached hydrogen (secondary N) is 1. The number of hydrogen-bond acceptors (Lipinski definition) is 4. The Hall–Kier alpha value is -2.14. The fourth-order valence-electron chi connectivity index (χ4n) is 2.85. The van der Waals surface area contributed by atoms with Gasteiger partial charge in [0.15, 0.2) is 0 Å². The van der Waals surface area contributed by atoms with Crippen molar-refractivity contribution in [1.29, 1.82) is 0 Å². The molecular weight excluding hydrogens is 294 g/mol. The van der Waals surface area contributed by atoms with Crippen molar-refractivity contribution in [3.63, 3.8) is 0 Å². The van der Waals surface area contributed by atoms with Crippen LogP contribution in [0.15, 0.2) is 33.5 Å². The molecule has 5 heteroatoms. The third-order valence-electron chi connectivity index (χ3n) is 4.36.